The Hall–Kier alpha value is -1.75. The van der Waals surface area contributed by atoms with Crippen LogP contribution in [0.25, 0.3) is 0 Å². The van der Waals surface area contributed by atoms with Crippen molar-refractivity contribution in [2.75, 3.05) is 44.5 Å². The third-order valence-corrected chi connectivity index (χ3v) is 3.58. The Kier molecular flexibility index (Phi) is 4.84. The van der Waals surface area contributed by atoms with Crippen LogP contribution in [0.5, 0.6) is 0 Å². The van der Waals surface area contributed by atoms with Gasteiger partial charge in [-0.15, -0.1) is 0 Å². The number of nitrogens with zero attached hydrogens (tertiary/aromatic N) is 1. The molecule has 1 heterocycles. The summed E-state index contributed by atoms with van der Waals surface area (Å²) in [5.74, 6) is 0.346. The summed E-state index contributed by atoms with van der Waals surface area (Å²) >= 11 is 0. The maximum atomic E-state index is 12.1. The molecule has 1 saturated heterocycles. The first-order valence-corrected chi connectivity index (χ1v) is 7.00. The number of nitrogens with one attached hydrogen (secondary N) is 1. The average Bonchev–Trinajstić information content (AvgIpc) is 2.45. The molecule has 20 heavy (non-hydrogen) atoms. The zero-order chi connectivity index (χ0) is 14.5. The number of hydrogen-bond donors (Lipinski definition) is 2. The van der Waals surface area contributed by atoms with E-state index in [9.17, 15) is 4.79 Å². The van der Waals surface area contributed by atoms with Gasteiger partial charge in [0.15, 0.2) is 0 Å². The van der Waals surface area contributed by atoms with Gasteiger partial charge < -0.3 is 20.7 Å². The number of nitrogen functional groups attached to an aromatic ring is 1. The Morgan fingerprint density at radius 2 is 2.30 bits per heavy atom. The van der Waals surface area contributed by atoms with Crippen molar-refractivity contribution in [2.24, 2.45) is 5.92 Å². The average molecular weight is 277 g/mol. The number of anilines is 2. The van der Waals surface area contributed by atoms with Crippen LogP contribution in [0.4, 0.5) is 11.4 Å². The number of carbonyl (C=O) groups is 1. The van der Waals surface area contributed by atoms with E-state index < -0.39 is 0 Å². The van der Waals surface area contributed by atoms with E-state index in [4.69, 9.17) is 10.5 Å². The highest BCUT2D eigenvalue weighted by Gasteiger charge is 2.15. The first kappa shape index (κ1) is 14.7. The smallest absolute Gasteiger partial charge is 0.251 e. The summed E-state index contributed by atoms with van der Waals surface area (Å²) in [5, 5.41) is 2.96. The van der Waals surface area contributed by atoms with E-state index >= 15 is 0 Å². The largest absolute Gasteiger partial charge is 0.397 e. The molecule has 0 spiro atoms. The molecule has 1 atom stereocenters. The van der Waals surface area contributed by atoms with E-state index in [0.717, 1.165) is 31.7 Å². The van der Waals surface area contributed by atoms with Crippen molar-refractivity contribution in [2.45, 2.75) is 12.8 Å². The molecule has 0 aromatic heterocycles. The molecule has 1 aromatic carbocycles. The van der Waals surface area contributed by atoms with E-state index in [1.165, 1.54) is 0 Å². The Morgan fingerprint density at radius 1 is 1.50 bits per heavy atom. The van der Waals surface area contributed by atoms with Crippen molar-refractivity contribution in [3.05, 3.63) is 23.8 Å². The minimum atomic E-state index is -0.0763. The summed E-state index contributed by atoms with van der Waals surface area (Å²) < 4.78 is 5.40. The molecule has 1 unspecified atom stereocenters. The van der Waals surface area contributed by atoms with E-state index in [0.29, 0.717) is 23.7 Å². The predicted octanol–water partition coefficient (Wildman–Crippen LogP) is 1.49. The van der Waals surface area contributed by atoms with Gasteiger partial charge in [-0.1, -0.05) is 0 Å². The van der Waals surface area contributed by atoms with Crippen LogP contribution in [0.1, 0.15) is 23.2 Å². The molecule has 0 radical (unpaired) electrons. The fourth-order valence-electron chi connectivity index (χ4n) is 2.41. The van der Waals surface area contributed by atoms with Crippen molar-refractivity contribution < 1.29 is 9.53 Å². The fraction of sp³-hybridized carbons (Fsp3) is 0.533. The van der Waals surface area contributed by atoms with Crippen LogP contribution in [0.15, 0.2) is 18.2 Å². The normalized spacial score (nSPS) is 18.6. The number of rotatable bonds is 4. The summed E-state index contributed by atoms with van der Waals surface area (Å²) in [7, 11) is 3.85. The van der Waals surface area contributed by atoms with E-state index in [-0.39, 0.29) is 5.91 Å². The number of hydrogen-bond acceptors (Lipinski definition) is 4. The highest BCUT2D eigenvalue weighted by atomic mass is 16.5. The van der Waals surface area contributed by atoms with Gasteiger partial charge >= 0.3 is 0 Å². The van der Waals surface area contributed by atoms with Gasteiger partial charge in [-0.3, -0.25) is 4.79 Å². The zero-order valence-corrected chi connectivity index (χ0v) is 12.2. The molecular weight excluding hydrogens is 254 g/mol. The van der Waals surface area contributed by atoms with Crippen molar-refractivity contribution in [3.8, 4) is 0 Å². The molecule has 1 fully saturated rings. The first-order chi connectivity index (χ1) is 9.58. The molecule has 110 valence electrons. The topological polar surface area (TPSA) is 67.6 Å². The van der Waals surface area contributed by atoms with Crippen LogP contribution < -0.4 is 16.0 Å². The second-order valence-corrected chi connectivity index (χ2v) is 5.46. The van der Waals surface area contributed by atoms with Crippen molar-refractivity contribution in [3.63, 3.8) is 0 Å². The number of carbonyl (C=O) groups excluding carboxylic acids is 1. The van der Waals surface area contributed by atoms with E-state index in [2.05, 4.69) is 5.32 Å². The highest BCUT2D eigenvalue weighted by molar-refractivity contribution is 5.96. The van der Waals surface area contributed by atoms with Crippen LogP contribution in [-0.4, -0.2) is 39.8 Å². The van der Waals surface area contributed by atoms with Crippen LogP contribution in [0, 0.1) is 5.92 Å². The molecule has 5 nitrogen and oxygen atoms in total. The summed E-state index contributed by atoms with van der Waals surface area (Å²) in [4.78, 5) is 14.0. The van der Waals surface area contributed by atoms with Crippen molar-refractivity contribution in [1.82, 2.24) is 5.32 Å². The molecule has 0 aliphatic carbocycles. The van der Waals surface area contributed by atoms with Gasteiger partial charge in [0.05, 0.1) is 18.0 Å². The summed E-state index contributed by atoms with van der Waals surface area (Å²) in [6.45, 7) is 2.24. The van der Waals surface area contributed by atoms with Crippen LogP contribution >= 0.6 is 0 Å². The highest BCUT2D eigenvalue weighted by Crippen LogP contribution is 2.22. The zero-order valence-electron chi connectivity index (χ0n) is 12.2. The minimum Gasteiger partial charge on any atom is -0.397 e. The quantitative estimate of drug-likeness (QED) is 0.818. The van der Waals surface area contributed by atoms with Crippen LogP contribution in [0.3, 0.4) is 0 Å². The lowest BCUT2D eigenvalue weighted by Crippen LogP contribution is -2.33. The lowest BCUT2D eigenvalue weighted by molar-refractivity contribution is 0.0536. The van der Waals surface area contributed by atoms with Gasteiger partial charge in [-0.25, -0.2) is 0 Å². The Balaban J connectivity index is 1.93. The Labute approximate surface area is 120 Å². The third-order valence-electron chi connectivity index (χ3n) is 3.58. The number of ether oxygens (including phenoxy) is 1. The number of nitrogens with two attached hydrogens (primary N) is 1. The fourth-order valence-corrected chi connectivity index (χ4v) is 2.41. The Bertz CT molecular complexity index is 468. The molecular formula is C15H23N3O2. The van der Waals surface area contributed by atoms with Gasteiger partial charge in [-0.05, 0) is 37.0 Å². The monoisotopic (exact) mass is 277 g/mol. The second-order valence-electron chi connectivity index (χ2n) is 5.46. The van der Waals surface area contributed by atoms with E-state index in [1.54, 1.807) is 12.1 Å². The summed E-state index contributed by atoms with van der Waals surface area (Å²) in [5.41, 5.74) is 8.09. The van der Waals surface area contributed by atoms with E-state index in [1.807, 2.05) is 25.1 Å². The molecule has 1 aliphatic heterocycles. The van der Waals surface area contributed by atoms with Crippen molar-refractivity contribution >= 4 is 17.3 Å². The Morgan fingerprint density at radius 3 is 2.90 bits per heavy atom. The molecule has 0 bridgehead atoms. The molecule has 0 saturated carbocycles. The molecule has 1 amide bonds. The molecule has 1 aromatic rings. The van der Waals surface area contributed by atoms with Crippen molar-refractivity contribution in [1.29, 1.82) is 0 Å². The molecule has 3 N–H and O–H groups in total. The second kappa shape index (κ2) is 6.61. The first-order valence-electron chi connectivity index (χ1n) is 7.00. The maximum Gasteiger partial charge on any atom is 0.251 e. The number of amides is 1. The van der Waals surface area contributed by atoms with Crippen LogP contribution in [-0.2, 0) is 4.74 Å². The van der Waals surface area contributed by atoms with Crippen LogP contribution in [0.2, 0.25) is 0 Å². The maximum absolute atomic E-state index is 12.1. The standard InChI is InChI=1S/C15H23N3O2/c1-18(2)14-6-5-12(8-13(14)16)15(19)17-9-11-4-3-7-20-10-11/h5-6,8,11H,3-4,7,9-10,16H2,1-2H3,(H,17,19). The number of benzene rings is 1. The lowest BCUT2D eigenvalue weighted by Gasteiger charge is -2.22. The predicted molar refractivity (Wildman–Crippen MR) is 81.1 cm³/mol. The third kappa shape index (κ3) is 3.63. The summed E-state index contributed by atoms with van der Waals surface area (Å²) in [6.07, 6.45) is 2.19. The molecule has 5 heteroatoms. The van der Waals surface area contributed by atoms with Gasteiger partial charge in [0.1, 0.15) is 0 Å². The summed E-state index contributed by atoms with van der Waals surface area (Å²) in [6, 6.07) is 5.40. The van der Waals surface area contributed by atoms with Gasteiger partial charge in [0.25, 0.3) is 5.91 Å². The van der Waals surface area contributed by atoms with Gasteiger partial charge in [0.2, 0.25) is 0 Å². The molecule has 1 aliphatic rings. The van der Waals surface area contributed by atoms with Gasteiger partial charge in [0, 0.05) is 32.8 Å². The minimum absolute atomic E-state index is 0.0763. The van der Waals surface area contributed by atoms with Gasteiger partial charge in [-0.2, -0.15) is 0 Å². The molecule has 2 rings (SSSR count). The lowest BCUT2D eigenvalue weighted by atomic mass is 10.0. The SMILES string of the molecule is CN(C)c1ccc(C(=O)NCC2CCCOC2)cc1N.